The van der Waals surface area contributed by atoms with Crippen molar-refractivity contribution in [2.45, 2.75) is 13.1 Å². The quantitative estimate of drug-likeness (QED) is 0.844. The monoisotopic (exact) mass is 318 g/mol. The van der Waals surface area contributed by atoms with Crippen molar-refractivity contribution in [3.05, 3.63) is 33.9 Å². The lowest BCUT2D eigenvalue weighted by Crippen LogP contribution is -2.09. The molecule has 1 N–H and O–H groups in total. The summed E-state index contributed by atoms with van der Waals surface area (Å²) in [6, 6.07) is 4.56. The van der Waals surface area contributed by atoms with Crippen LogP contribution in [0.2, 0.25) is 0 Å². The first-order valence-electron chi connectivity index (χ1n) is 5.19. The van der Waals surface area contributed by atoms with Crippen LogP contribution in [0.15, 0.2) is 22.7 Å². The van der Waals surface area contributed by atoms with Gasteiger partial charge in [0.1, 0.15) is 5.69 Å². The summed E-state index contributed by atoms with van der Waals surface area (Å²) in [5, 5.41) is 3.45. The van der Waals surface area contributed by atoms with Crippen LogP contribution in [0.4, 0.5) is 18.9 Å². The number of benzene rings is 1. The van der Waals surface area contributed by atoms with Gasteiger partial charge in [-0.2, -0.15) is 13.2 Å². The van der Waals surface area contributed by atoms with Gasteiger partial charge in [0.2, 0.25) is 0 Å². The highest BCUT2D eigenvalue weighted by atomic mass is 79.9. The predicted molar refractivity (Wildman–Crippen MR) is 68.7 cm³/mol. The number of fused-ring (bicyclic) bond motifs is 1. The molecule has 0 unspecified atom stereocenters. The molecular formula is C12H10BrF3N2. The summed E-state index contributed by atoms with van der Waals surface area (Å²) in [6.07, 6.45) is -4.45. The van der Waals surface area contributed by atoms with Gasteiger partial charge in [-0.1, -0.05) is 15.9 Å². The van der Waals surface area contributed by atoms with E-state index in [1.54, 1.807) is 26.1 Å². The highest BCUT2D eigenvalue weighted by molar-refractivity contribution is 9.10. The highest BCUT2D eigenvalue weighted by Gasteiger charge is 2.33. The summed E-state index contributed by atoms with van der Waals surface area (Å²) < 4.78 is 39.0. The molecule has 2 aromatic rings. The number of nitrogens with zero attached hydrogens (tertiary/aromatic N) is 1. The number of anilines is 1. The van der Waals surface area contributed by atoms with Crippen LogP contribution in [0.1, 0.15) is 11.3 Å². The molecule has 2 nitrogen and oxygen atoms in total. The van der Waals surface area contributed by atoms with Crippen LogP contribution in [0.5, 0.6) is 0 Å². The maximum atomic E-state index is 12.8. The third-order valence-electron chi connectivity index (χ3n) is 2.73. The number of aryl methyl sites for hydroxylation is 1. The van der Waals surface area contributed by atoms with Gasteiger partial charge in [0, 0.05) is 22.6 Å². The van der Waals surface area contributed by atoms with Crippen LogP contribution in [0, 0.1) is 6.92 Å². The summed E-state index contributed by atoms with van der Waals surface area (Å²) in [5.41, 5.74) is 0.571. The maximum absolute atomic E-state index is 12.8. The maximum Gasteiger partial charge on any atom is 0.433 e. The summed E-state index contributed by atoms with van der Waals surface area (Å²) >= 11 is 3.30. The SMILES string of the molecule is CNc1cc(C(F)(F)F)nc2c(C)c(Br)ccc12. The smallest absolute Gasteiger partial charge is 0.388 e. The van der Waals surface area contributed by atoms with Crippen LogP contribution in [0.25, 0.3) is 10.9 Å². The second-order valence-corrected chi connectivity index (χ2v) is 4.73. The number of rotatable bonds is 1. The number of halogens is 4. The molecule has 0 saturated carbocycles. The average molecular weight is 319 g/mol. The Hall–Kier alpha value is -1.30. The third-order valence-corrected chi connectivity index (χ3v) is 3.59. The van der Waals surface area contributed by atoms with E-state index in [1.807, 2.05) is 0 Å². The highest BCUT2D eigenvalue weighted by Crippen LogP contribution is 2.35. The van der Waals surface area contributed by atoms with Crippen molar-refractivity contribution in [1.82, 2.24) is 4.98 Å². The van der Waals surface area contributed by atoms with Gasteiger partial charge in [0.15, 0.2) is 0 Å². The second kappa shape index (κ2) is 4.42. The van der Waals surface area contributed by atoms with E-state index in [9.17, 15) is 13.2 Å². The van der Waals surface area contributed by atoms with Gasteiger partial charge in [-0.25, -0.2) is 4.98 Å². The first-order valence-corrected chi connectivity index (χ1v) is 5.98. The molecule has 0 bridgehead atoms. The second-order valence-electron chi connectivity index (χ2n) is 3.87. The van der Waals surface area contributed by atoms with Crippen molar-refractivity contribution in [2.75, 3.05) is 12.4 Å². The lowest BCUT2D eigenvalue weighted by molar-refractivity contribution is -0.140. The van der Waals surface area contributed by atoms with Gasteiger partial charge in [-0.05, 0) is 30.7 Å². The average Bonchev–Trinajstić information content (AvgIpc) is 2.31. The first kappa shape index (κ1) is 13.1. The molecule has 0 amide bonds. The Bertz CT molecular complexity index is 608. The minimum absolute atomic E-state index is 0.351. The van der Waals surface area contributed by atoms with Crippen LogP contribution in [0.3, 0.4) is 0 Å². The minimum atomic E-state index is -4.45. The number of hydrogen-bond acceptors (Lipinski definition) is 2. The summed E-state index contributed by atoms with van der Waals surface area (Å²) in [6.45, 7) is 1.74. The van der Waals surface area contributed by atoms with Crippen molar-refractivity contribution < 1.29 is 13.2 Å². The van der Waals surface area contributed by atoms with E-state index in [1.165, 1.54) is 0 Å². The van der Waals surface area contributed by atoms with Gasteiger partial charge in [-0.3, -0.25) is 0 Å². The van der Waals surface area contributed by atoms with E-state index >= 15 is 0 Å². The molecule has 0 aliphatic heterocycles. The largest absolute Gasteiger partial charge is 0.433 e. The van der Waals surface area contributed by atoms with Crippen molar-refractivity contribution in [2.24, 2.45) is 0 Å². The van der Waals surface area contributed by atoms with Crippen molar-refractivity contribution in [3.63, 3.8) is 0 Å². The number of aromatic nitrogens is 1. The van der Waals surface area contributed by atoms with Gasteiger partial charge in [0.25, 0.3) is 0 Å². The molecule has 1 aromatic heterocycles. The zero-order valence-corrected chi connectivity index (χ0v) is 11.3. The molecule has 1 aromatic carbocycles. The van der Waals surface area contributed by atoms with E-state index in [2.05, 4.69) is 26.2 Å². The molecule has 96 valence electrons. The normalized spacial score (nSPS) is 11.9. The van der Waals surface area contributed by atoms with E-state index in [4.69, 9.17) is 0 Å². The molecule has 0 atom stereocenters. The van der Waals surface area contributed by atoms with Crippen molar-refractivity contribution in [1.29, 1.82) is 0 Å². The van der Waals surface area contributed by atoms with Gasteiger partial charge in [-0.15, -0.1) is 0 Å². The fraction of sp³-hybridized carbons (Fsp3) is 0.250. The molecule has 0 spiro atoms. The Morgan fingerprint density at radius 1 is 1.28 bits per heavy atom. The summed E-state index contributed by atoms with van der Waals surface area (Å²) in [7, 11) is 1.59. The Morgan fingerprint density at radius 3 is 2.50 bits per heavy atom. The molecule has 0 aliphatic rings. The number of pyridine rings is 1. The van der Waals surface area contributed by atoms with Crippen molar-refractivity contribution in [3.8, 4) is 0 Å². The van der Waals surface area contributed by atoms with Gasteiger partial charge < -0.3 is 5.32 Å². The lowest BCUT2D eigenvalue weighted by atomic mass is 10.1. The van der Waals surface area contributed by atoms with Crippen LogP contribution in [-0.2, 0) is 6.18 Å². The minimum Gasteiger partial charge on any atom is -0.388 e. The molecule has 1 heterocycles. The zero-order chi connectivity index (χ0) is 13.5. The Labute approximate surface area is 110 Å². The molecule has 0 radical (unpaired) electrons. The molecule has 0 saturated heterocycles. The number of hydrogen-bond donors (Lipinski definition) is 1. The third kappa shape index (κ3) is 2.16. The lowest BCUT2D eigenvalue weighted by Gasteiger charge is -2.13. The molecule has 18 heavy (non-hydrogen) atoms. The molecule has 0 aliphatic carbocycles. The fourth-order valence-electron chi connectivity index (χ4n) is 1.76. The van der Waals surface area contributed by atoms with Crippen LogP contribution >= 0.6 is 15.9 Å². The predicted octanol–water partition coefficient (Wildman–Crippen LogP) is 4.37. The number of alkyl halides is 3. The molecule has 2 rings (SSSR count). The molecule has 0 fully saturated rings. The Morgan fingerprint density at radius 2 is 1.94 bits per heavy atom. The van der Waals surface area contributed by atoms with Crippen LogP contribution in [-0.4, -0.2) is 12.0 Å². The summed E-state index contributed by atoms with van der Waals surface area (Å²) in [4.78, 5) is 3.72. The molecular weight excluding hydrogens is 309 g/mol. The molecule has 6 heteroatoms. The fourth-order valence-corrected chi connectivity index (χ4v) is 2.08. The van der Waals surface area contributed by atoms with E-state index < -0.39 is 11.9 Å². The van der Waals surface area contributed by atoms with Gasteiger partial charge >= 0.3 is 6.18 Å². The van der Waals surface area contributed by atoms with Gasteiger partial charge in [0.05, 0.1) is 5.52 Å². The summed E-state index contributed by atoms with van der Waals surface area (Å²) in [5.74, 6) is 0. The Balaban J connectivity index is 2.85. The first-order chi connectivity index (χ1) is 8.34. The van der Waals surface area contributed by atoms with E-state index in [0.717, 1.165) is 10.5 Å². The zero-order valence-electron chi connectivity index (χ0n) is 9.69. The standard InChI is InChI=1S/C12H10BrF3N2/c1-6-8(13)4-3-7-9(17-2)5-10(12(14,15)16)18-11(6)7/h3-5H,1-2H3,(H,17,18). The topological polar surface area (TPSA) is 24.9 Å². The Kier molecular flexibility index (Phi) is 3.23. The van der Waals surface area contributed by atoms with E-state index in [0.29, 0.717) is 22.2 Å². The number of nitrogens with one attached hydrogen (secondary N) is 1. The van der Waals surface area contributed by atoms with Crippen LogP contribution < -0.4 is 5.32 Å². The van der Waals surface area contributed by atoms with Crippen molar-refractivity contribution >= 4 is 32.5 Å². The van der Waals surface area contributed by atoms with E-state index in [-0.39, 0.29) is 0 Å².